The van der Waals surface area contributed by atoms with Crippen molar-refractivity contribution in [3.63, 3.8) is 0 Å². The molecule has 2 atom stereocenters. The number of nitrogens with one attached hydrogen (secondary N) is 1. The second kappa shape index (κ2) is 5.41. The van der Waals surface area contributed by atoms with Gasteiger partial charge in [-0.2, -0.15) is 5.26 Å². The summed E-state index contributed by atoms with van der Waals surface area (Å²) in [7, 11) is 0. The highest BCUT2D eigenvalue weighted by molar-refractivity contribution is 5.99. The van der Waals surface area contributed by atoms with Crippen LogP contribution in [0, 0.1) is 25.2 Å². The summed E-state index contributed by atoms with van der Waals surface area (Å²) in [6.45, 7) is 6.71. The van der Waals surface area contributed by atoms with Gasteiger partial charge in [0.15, 0.2) is 0 Å². The predicted molar refractivity (Wildman–Crippen MR) is 74.9 cm³/mol. The van der Waals surface area contributed by atoms with Gasteiger partial charge in [-0.05, 0) is 38.0 Å². The van der Waals surface area contributed by atoms with Gasteiger partial charge in [-0.25, -0.2) is 0 Å². The van der Waals surface area contributed by atoms with E-state index in [0.717, 1.165) is 16.8 Å². The molecule has 19 heavy (non-hydrogen) atoms. The third kappa shape index (κ3) is 2.77. The van der Waals surface area contributed by atoms with E-state index in [1.54, 1.807) is 0 Å². The van der Waals surface area contributed by atoms with Gasteiger partial charge in [0.05, 0.1) is 12.5 Å². The Morgan fingerprint density at radius 3 is 2.89 bits per heavy atom. The van der Waals surface area contributed by atoms with Crippen molar-refractivity contribution in [2.24, 2.45) is 0 Å². The van der Waals surface area contributed by atoms with Gasteiger partial charge in [0.2, 0.25) is 5.91 Å². The van der Waals surface area contributed by atoms with E-state index in [-0.39, 0.29) is 18.4 Å². The minimum absolute atomic E-state index is 0.00616. The van der Waals surface area contributed by atoms with Crippen molar-refractivity contribution in [2.75, 3.05) is 11.4 Å². The number of rotatable bonds is 2. The number of nitrogens with zero attached hydrogens (tertiary/aromatic N) is 2. The maximum atomic E-state index is 12.4. The molecule has 100 valence electrons. The molecule has 2 rings (SSSR count). The Balaban J connectivity index is 2.34. The SMILES string of the molecule is Cc1ccc(C)c(N2CC(C)NC(CC#N)C2=O)c1. The van der Waals surface area contributed by atoms with Crippen molar-refractivity contribution in [1.82, 2.24) is 5.32 Å². The quantitative estimate of drug-likeness (QED) is 0.880. The van der Waals surface area contributed by atoms with Crippen LogP contribution in [0.4, 0.5) is 5.69 Å². The van der Waals surface area contributed by atoms with Gasteiger partial charge in [-0.1, -0.05) is 12.1 Å². The van der Waals surface area contributed by atoms with E-state index in [9.17, 15) is 4.79 Å². The third-order valence-corrected chi connectivity index (χ3v) is 3.46. The zero-order chi connectivity index (χ0) is 14.0. The van der Waals surface area contributed by atoms with E-state index in [4.69, 9.17) is 5.26 Å². The Bertz CT molecular complexity index is 533. The lowest BCUT2D eigenvalue weighted by Gasteiger charge is -2.37. The average Bonchev–Trinajstić information content (AvgIpc) is 2.37. The Labute approximate surface area is 114 Å². The fraction of sp³-hybridized carbons (Fsp3) is 0.467. The van der Waals surface area contributed by atoms with Crippen LogP contribution in [0.3, 0.4) is 0 Å². The Morgan fingerprint density at radius 2 is 2.21 bits per heavy atom. The number of amides is 1. The first kappa shape index (κ1) is 13.6. The van der Waals surface area contributed by atoms with Crippen LogP contribution in [-0.2, 0) is 4.79 Å². The molecule has 0 radical (unpaired) electrons. The minimum Gasteiger partial charge on any atom is -0.309 e. The van der Waals surface area contributed by atoms with Crippen molar-refractivity contribution >= 4 is 11.6 Å². The highest BCUT2D eigenvalue weighted by Crippen LogP contribution is 2.24. The molecule has 1 aromatic rings. The second-order valence-corrected chi connectivity index (χ2v) is 5.22. The van der Waals surface area contributed by atoms with Gasteiger partial charge in [-0.15, -0.1) is 0 Å². The maximum Gasteiger partial charge on any atom is 0.245 e. The smallest absolute Gasteiger partial charge is 0.245 e. The summed E-state index contributed by atoms with van der Waals surface area (Å²) < 4.78 is 0. The number of anilines is 1. The molecule has 2 unspecified atom stereocenters. The van der Waals surface area contributed by atoms with Crippen LogP contribution in [-0.4, -0.2) is 24.5 Å². The van der Waals surface area contributed by atoms with Gasteiger partial charge in [-0.3, -0.25) is 4.79 Å². The van der Waals surface area contributed by atoms with E-state index < -0.39 is 6.04 Å². The van der Waals surface area contributed by atoms with Crippen molar-refractivity contribution < 1.29 is 4.79 Å². The van der Waals surface area contributed by atoms with Crippen LogP contribution < -0.4 is 10.2 Å². The molecule has 0 saturated carbocycles. The van der Waals surface area contributed by atoms with Gasteiger partial charge in [0.1, 0.15) is 6.04 Å². The molecule has 1 aromatic carbocycles. The standard InChI is InChI=1S/C15H19N3O/c1-10-4-5-11(2)14(8-10)18-9-12(3)17-13(6-7-16)15(18)19/h4-5,8,12-13,17H,6,9H2,1-3H3. The molecule has 1 aliphatic rings. The summed E-state index contributed by atoms with van der Waals surface area (Å²) >= 11 is 0. The van der Waals surface area contributed by atoms with Gasteiger partial charge in [0, 0.05) is 18.3 Å². The molecule has 1 amide bonds. The molecule has 1 saturated heterocycles. The van der Waals surface area contributed by atoms with E-state index >= 15 is 0 Å². The Hall–Kier alpha value is -1.86. The van der Waals surface area contributed by atoms with Crippen molar-refractivity contribution in [3.8, 4) is 6.07 Å². The molecular weight excluding hydrogens is 238 g/mol. The summed E-state index contributed by atoms with van der Waals surface area (Å²) in [6.07, 6.45) is 0.213. The van der Waals surface area contributed by atoms with E-state index in [1.807, 2.05) is 43.9 Å². The summed E-state index contributed by atoms with van der Waals surface area (Å²) in [5.74, 6) is -0.00616. The molecule has 0 aliphatic carbocycles. The van der Waals surface area contributed by atoms with Crippen LogP contribution in [0.1, 0.15) is 24.5 Å². The largest absolute Gasteiger partial charge is 0.309 e. The Kier molecular flexibility index (Phi) is 3.87. The van der Waals surface area contributed by atoms with E-state index in [1.165, 1.54) is 0 Å². The molecule has 1 aliphatic heterocycles. The van der Waals surface area contributed by atoms with Crippen LogP contribution in [0.15, 0.2) is 18.2 Å². The summed E-state index contributed by atoms with van der Waals surface area (Å²) in [5, 5.41) is 12.0. The summed E-state index contributed by atoms with van der Waals surface area (Å²) in [4.78, 5) is 14.2. The van der Waals surface area contributed by atoms with E-state index in [0.29, 0.717) is 6.54 Å². The number of hydrogen-bond donors (Lipinski definition) is 1. The lowest BCUT2D eigenvalue weighted by Crippen LogP contribution is -2.59. The molecule has 1 fully saturated rings. The van der Waals surface area contributed by atoms with Crippen LogP contribution in [0.25, 0.3) is 0 Å². The molecule has 4 heteroatoms. The predicted octanol–water partition coefficient (Wildman–Crippen LogP) is 1.91. The number of nitriles is 1. The minimum atomic E-state index is -0.395. The fourth-order valence-corrected chi connectivity index (χ4v) is 2.48. The first-order valence-electron chi connectivity index (χ1n) is 6.54. The molecule has 0 spiro atoms. The average molecular weight is 257 g/mol. The monoisotopic (exact) mass is 257 g/mol. The molecule has 1 heterocycles. The summed E-state index contributed by atoms with van der Waals surface area (Å²) in [6, 6.07) is 7.98. The third-order valence-electron chi connectivity index (χ3n) is 3.46. The molecular formula is C15H19N3O. The fourth-order valence-electron chi connectivity index (χ4n) is 2.48. The number of carbonyl (C=O) groups is 1. The van der Waals surface area contributed by atoms with Crippen LogP contribution >= 0.6 is 0 Å². The number of benzene rings is 1. The topological polar surface area (TPSA) is 56.1 Å². The van der Waals surface area contributed by atoms with Crippen molar-refractivity contribution in [2.45, 2.75) is 39.3 Å². The number of hydrogen-bond acceptors (Lipinski definition) is 3. The molecule has 1 N–H and O–H groups in total. The first-order chi connectivity index (χ1) is 9.02. The molecule has 0 aromatic heterocycles. The zero-order valence-corrected chi connectivity index (χ0v) is 11.6. The number of carbonyl (C=O) groups excluding carboxylic acids is 1. The number of aryl methyl sites for hydroxylation is 2. The van der Waals surface area contributed by atoms with Gasteiger partial charge >= 0.3 is 0 Å². The van der Waals surface area contributed by atoms with Crippen molar-refractivity contribution in [3.05, 3.63) is 29.3 Å². The lowest BCUT2D eigenvalue weighted by atomic mass is 10.0. The Morgan fingerprint density at radius 1 is 1.47 bits per heavy atom. The van der Waals surface area contributed by atoms with Crippen LogP contribution in [0.2, 0.25) is 0 Å². The van der Waals surface area contributed by atoms with E-state index in [2.05, 4.69) is 11.4 Å². The summed E-state index contributed by atoms with van der Waals surface area (Å²) in [5.41, 5.74) is 3.18. The normalized spacial score (nSPS) is 23.3. The number of piperazine rings is 1. The van der Waals surface area contributed by atoms with Crippen LogP contribution in [0.5, 0.6) is 0 Å². The van der Waals surface area contributed by atoms with Gasteiger partial charge < -0.3 is 10.2 Å². The molecule has 4 nitrogen and oxygen atoms in total. The van der Waals surface area contributed by atoms with Crippen molar-refractivity contribution in [1.29, 1.82) is 5.26 Å². The molecule has 0 bridgehead atoms. The highest BCUT2D eigenvalue weighted by atomic mass is 16.2. The second-order valence-electron chi connectivity index (χ2n) is 5.22. The van der Waals surface area contributed by atoms with Gasteiger partial charge in [0.25, 0.3) is 0 Å². The highest BCUT2D eigenvalue weighted by Gasteiger charge is 2.33. The maximum absolute atomic E-state index is 12.4. The first-order valence-corrected chi connectivity index (χ1v) is 6.54. The lowest BCUT2D eigenvalue weighted by molar-refractivity contribution is -0.122. The zero-order valence-electron chi connectivity index (χ0n) is 11.6.